The summed E-state index contributed by atoms with van der Waals surface area (Å²) in [6.07, 6.45) is 3.14. The number of hydrogen-bond acceptors (Lipinski definition) is 10. The van der Waals surface area contributed by atoms with Crippen LogP contribution in [-0.4, -0.2) is 28.3 Å². The lowest BCUT2D eigenvalue weighted by Crippen LogP contribution is -2.09. The molecule has 5 aromatic rings. The van der Waals surface area contributed by atoms with E-state index in [0.717, 1.165) is 22.8 Å². The molecule has 0 aliphatic heterocycles. The molecule has 3 heterocycles. The van der Waals surface area contributed by atoms with E-state index in [9.17, 15) is 0 Å². The molecule has 0 aliphatic carbocycles. The van der Waals surface area contributed by atoms with Crippen molar-refractivity contribution >= 4 is 41.3 Å². The zero-order chi connectivity index (χ0) is 25.5. The molecule has 11 heteroatoms. The monoisotopic (exact) mass is 515 g/mol. The zero-order valence-electron chi connectivity index (χ0n) is 19.7. The van der Waals surface area contributed by atoms with Crippen molar-refractivity contribution in [2.75, 3.05) is 23.2 Å². The van der Waals surface area contributed by atoms with Crippen molar-refractivity contribution in [2.45, 2.75) is 6.54 Å². The van der Waals surface area contributed by atoms with E-state index in [-0.39, 0.29) is 5.95 Å². The van der Waals surface area contributed by atoms with E-state index in [0.29, 0.717) is 35.0 Å². The lowest BCUT2D eigenvalue weighted by Gasteiger charge is -2.10. The van der Waals surface area contributed by atoms with Crippen LogP contribution < -0.4 is 20.8 Å². The number of rotatable bonds is 10. The second-order valence-corrected chi connectivity index (χ2v) is 8.11. The summed E-state index contributed by atoms with van der Waals surface area (Å²) in [5.74, 6) is 3.60. The normalized spacial score (nSPS) is 11.0. The first-order valence-corrected chi connectivity index (χ1v) is 11.6. The Balaban J connectivity index is 1.31. The molecular weight excluding hydrogens is 494 g/mol. The summed E-state index contributed by atoms with van der Waals surface area (Å²) >= 11 is 6.08. The predicted molar refractivity (Wildman–Crippen MR) is 143 cm³/mol. The Bertz CT molecular complexity index is 1480. The van der Waals surface area contributed by atoms with Gasteiger partial charge in [-0.25, -0.2) is 5.43 Å². The standard InChI is InChI=1S/C26H22ClN7O3/c1-35-20-9-7-19(8-10-20)30-25-31-24(28-15-21-6-3-13-36-21)32-26(33-25)34-29-16-22-11-12-23(37-22)17-4-2-5-18(27)14-17/h2-14,16H,15H2,1H3,(H3,28,30,31,32,33,34)/b29-16-. The van der Waals surface area contributed by atoms with Crippen LogP contribution in [0.5, 0.6) is 5.75 Å². The minimum atomic E-state index is 0.228. The van der Waals surface area contributed by atoms with E-state index >= 15 is 0 Å². The SMILES string of the molecule is COc1ccc(Nc2nc(NCc3ccco3)nc(N/N=C\c3ccc(-c4cccc(Cl)c4)o3)n2)cc1. The van der Waals surface area contributed by atoms with Crippen molar-refractivity contribution in [2.24, 2.45) is 5.10 Å². The second-order valence-electron chi connectivity index (χ2n) is 7.68. The van der Waals surface area contributed by atoms with Gasteiger partial charge in [-0.2, -0.15) is 20.1 Å². The van der Waals surface area contributed by atoms with Gasteiger partial charge in [0.1, 0.15) is 23.0 Å². The first-order valence-electron chi connectivity index (χ1n) is 11.2. The Morgan fingerprint density at radius 3 is 2.57 bits per heavy atom. The number of aromatic nitrogens is 3. The number of ether oxygens (including phenoxy) is 1. The molecule has 0 fully saturated rings. The van der Waals surface area contributed by atoms with E-state index in [1.807, 2.05) is 72.8 Å². The third-order valence-electron chi connectivity index (χ3n) is 5.07. The fourth-order valence-electron chi connectivity index (χ4n) is 3.32. The van der Waals surface area contributed by atoms with Crippen molar-refractivity contribution in [3.05, 3.63) is 95.6 Å². The molecule has 5 rings (SSSR count). The van der Waals surface area contributed by atoms with Crippen LogP contribution in [0.1, 0.15) is 11.5 Å². The highest BCUT2D eigenvalue weighted by Crippen LogP contribution is 2.24. The summed E-state index contributed by atoms with van der Waals surface area (Å²) in [6.45, 7) is 0.403. The number of halogens is 1. The Morgan fingerprint density at radius 2 is 1.78 bits per heavy atom. The minimum absolute atomic E-state index is 0.228. The summed E-state index contributed by atoms with van der Waals surface area (Å²) in [6, 6.07) is 22.2. The quantitative estimate of drug-likeness (QED) is 0.147. The number of methoxy groups -OCH3 is 1. The maximum atomic E-state index is 6.08. The number of benzene rings is 2. The Labute approximate surface area is 217 Å². The van der Waals surface area contributed by atoms with Crippen molar-refractivity contribution in [1.29, 1.82) is 0 Å². The highest BCUT2D eigenvalue weighted by Gasteiger charge is 2.09. The molecule has 0 unspecified atom stereocenters. The third kappa shape index (κ3) is 6.44. The van der Waals surface area contributed by atoms with Crippen LogP contribution in [0.2, 0.25) is 5.02 Å². The number of anilines is 4. The zero-order valence-corrected chi connectivity index (χ0v) is 20.4. The lowest BCUT2D eigenvalue weighted by atomic mass is 10.2. The van der Waals surface area contributed by atoms with E-state index in [4.69, 9.17) is 25.2 Å². The fourth-order valence-corrected chi connectivity index (χ4v) is 3.51. The van der Waals surface area contributed by atoms with Gasteiger partial charge in [0.15, 0.2) is 0 Å². The van der Waals surface area contributed by atoms with Crippen LogP contribution in [0.3, 0.4) is 0 Å². The molecule has 0 bridgehead atoms. The number of hydrazone groups is 1. The molecule has 0 atom stereocenters. The Kier molecular flexibility index (Phi) is 7.28. The molecular formula is C26H22ClN7O3. The Hall–Kier alpha value is -4.83. The van der Waals surface area contributed by atoms with Gasteiger partial charge in [-0.3, -0.25) is 0 Å². The number of nitrogens with zero attached hydrogens (tertiary/aromatic N) is 4. The number of furan rings is 2. The molecule has 37 heavy (non-hydrogen) atoms. The largest absolute Gasteiger partial charge is 0.497 e. The van der Waals surface area contributed by atoms with Gasteiger partial charge in [0, 0.05) is 16.3 Å². The maximum Gasteiger partial charge on any atom is 0.250 e. The fraction of sp³-hybridized carbons (Fsp3) is 0.0769. The van der Waals surface area contributed by atoms with Gasteiger partial charge in [0.25, 0.3) is 0 Å². The van der Waals surface area contributed by atoms with E-state index in [2.05, 4.69) is 36.1 Å². The van der Waals surface area contributed by atoms with Crippen LogP contribution in [0.25, 0.3) is 11.3 Å². The molecule has 0 aliphatic rings. The van der Waals surface area contributed by atoms with E-state index in [1.54, 1.807) is 13.4 Å². The lowest BCUT2D eigenvalue weighted by molar-refractivity contribution is 0.415. The third-order valence-corrected chi connectivity index (χ3v) is 5.31. The molecule has 2 aromatic carbocycles. The van der Waals surface area contributed by atoms with Gasteiger partial charge >= 0.3 is 0 Å². The van der Waals surface area contributed by atoms with Gasteiger partial charge in [-0.05, 0) is 60.7 Å². The van der Waals surface area contributed by atoms with Crippen LogP contribution in [0, 0.1) is 0 Å². The second kappa shape index (κ2) is 11.3. The smallest absolute Gasteiger partial charge is 0.250 e. The van der Waals surface area contributed by atoms with E-state index in [1.165, 1.54) is 6.21 Å². The highest BCUT2D eigenvalue weighted by molar-refractivity contribution is 6.30. The average molecular weight is 516 g/mol. The molecule has 0 radical (unpaired) electrons. The first-order chi connectivity index (χ1) is 18.1. The van der Waals surface area contributed by atoms with Crippen LogP contribution in [0.4, 0.5) is 23.5 Å². The summed E-state index contributed by atoms with van der Waals surface area (Å²) in [5, 5.41) is 11.1. The van der Waals surface area contributed by atoms with Gasteiger partial charge in [-0.1, -0.05) is 23.7 Å². The van der Waals surface area contributed by atoms with Crippen LogP contribution in [0.15, 0.2) is 93.0 Å². The summed E-state index contributed by atoms with van der Waals surface area (Å²) in [5.41, 5.74) is 4.49. The van der Waals surface area contributed by atoms with Crippen molar-refractivity contribution < 1.29 is 13.6 Å². The predicted octanol–water partition coefficient (Wildman–Crippen LogP) is 6.19. The molecule has 186 valence electrons. The van der Waals surface area contributed by atoms with Gasteiger partial charge in [-0.15, -0.1) is 0 Å². The number of nitrogens with one attached hydrogen (secondary N) is 3. The molecule has 10 nitrogen and oxygen atoms in total. The summed E-state index contributed by atoms with van der Waals surface area (Å²) in [7, 11) is 1.62. The van der Waals surface area contributed by atoms with Crippen molar-refractivity contribution in [3.8, 4) is 17.1 Å². The topological polar surface area (TPSA) is 123 Å². The van der Waals surface area contributed by atoms with Gasteiger partial charge < -0.3 is 24.2 Å². The molecule has 3 aromatic heterocycles. The maximum absolute atomic E-state index is 6.08. The molecule has 0 saturated carbocycles. The molecule has 0 spiro atoms. The van der Waals surface area contributed by atoms with Crippen LogP contribution >= 0.6 is 11.6 Å². The average Bonchev–Trinajstić information content (AvgIpc) is 3.61. The highest BCUT2D eigenvalue weighted by atomic mass is 35.5. The minimum Gasteiger partial charge on any atom is -0.497 e. The van der Waals surface area contributed by atoms with Crippen molar-refractivity contribution in [1.82, 2.24) is 15.0 Å². The Morgan fingerprint density at radius 1 is 0.946 bits per heavy atom. The molecule has 0 saturated heterocycles. The summed E-state index contributed by atoms with van der Waals surface area (Å²) in [4.78, 5) is 13.2. The first kappa shape index (κ1) is 23.9. The summed E-state index contributed by atoms with van der Waals surface area (Å²) < 4.78 is 16.4. The number of hydrogen-bond donors (Lipinski definition) is 3. The van der Waals surface area contributed by atoms with Crippen molar-refractivity contribution in [3.63, 3.8) is 0 Å². The van der Waals surface area contributed by atoms with Crippen LogP contribution in [-0.2, 0) is 6.54 Å². The van der Waals surface area contributed by atoms with Gasteiger partial charge in [0.05, 0.1) is 26.1 Å². The molecule has 3 N–H and O–H groups in total. The van der Waals surface area contributed by atoms with Gasteiger partial charge in [0.2, 0.25) is 17.8 Å². The van der Waals surface area contributed by atoms with E-state index < -0.39 is 0 Å². The molecule has 0 amide bonds.